The average molecular weight is 447 g/mol. The van der Waals surface area contributed by atoms with Crippen molar-refractivity contribution in [1.29, 1.82) is 0 Å². The molecule has 2 heterocycles. The largest absolute Gasteiger partial charge is 0.486 e. The Hall–Kier alpha value is -2.65. The Bertz CT molecular complexity index is 1240. The summed E-state index contributed by atoms with van der Waals surface area (Å²) >= 11 is 1.38. The summed E-state index contributed by atoms with van der Waals surface area (Å²) in [6.07, 6.45) is -0.143. The van der Waals surface area contributed by atoms with Gasteiger partial charge in [0.1, 0.15) is 13.2 Å². The zero-order valence-electron chi connectivity index (χ0n) is 16.5. The third-order valence-electron chi connectivity index (χ3n) is 4.74. The molecule has 3 aromatic rings. The molecule has 1 aliphatic rings. The number of hydrogen-bond acceptors (Lipinski definition) is 6. The van der Waals surface area contributed by atoms with Gasteiger partial charge in [0, 0.05) is 25.1 Å². The summed E-state index contributed by atoms with van der Waals surface area (Å²) in [7, 11) is -3.39. The lowest BCUT2D eigenvalue weighted by Gasteiger charge is -2.18. The minimum atomic E-state index is -3.39. The van der Waals surface area contributed by atoms with E-state index in [0.29, 0.717) is 41.6 Å². The van der Waals surface area contributed by atoms with Crippen LogP contribution in [0.2, 0.25) is 0 Å². The van der Waals surface area contributed by atoms with Crippen molar-refractivity contribution in [2.75, 3.05) is 19.0 Å². The summed E-state index contributed by atoms with van der Waals surface area (Å²) < 4.78 is 38.8. The first-order valence-corrected chi connectivity index (χ1v) is 12.3. The number of benzene rings is 2. The molecule has 9 heteroatoms. The summed E-state index contributed by atoms with van der Waals surface area (Å²) in [5, 5.41) is 0. The minimum Gasteiger partial charge on any atom is -0.486 e. The maximum atomic E-state index is 12.4. The molecule has 0 atom stereocenters. The van der Waals surface area contributed by atoms with Crippen LogP contribution in [0, 0.1) is 0 Å². The normalized spacial score (nSPS) is 14.2. The third kappa shape index (κ3) is 4.57. The highest BCUT2D eigenvalue weighted by atomic mass is 32.2. The molecule has 0 bridgehead atoms. The van der Waals surface area contributed by atoms with Gasteiger partial charge in [-0.1, -0.05) is 41.7 Å². The lowest BCUT2D eigenvalue weighted by atomic mass is 10.2. The van der Waals surface area contributed by atoms with Crippen LogP contribution in [-0.4, -0.2) is 37.9 Å². The van der Waals surface area contributed by atoms with Gasteiger partial charge in [0.05, 0.1) is 21.7 Å². The number of aryl methyl sites for hydroxylation is 1. The Balaban J connectivity index is 1.54. The van der Waals surface area contributed by atoms with Gasteiger partial charge in [-0.3, -0.25) is 4.79 Å². The van der Waals surface area contributed by atoms with Crippen molar-refractivity contribution in [2.24, 2.45) is 4.99 Å². The maximum absolute atomic E-state index is 12.4. The molecule has 7 nitrogen and oxygen atoms in total. The van der Waals surface area contributed by atoms with E-state index in [1.54, 1.807) is 24.3 Å². The first-order chi connectivity index (χ1) is 14.4. The molecule has 1 amide bonds. The van der Waals surface area contributed by atoms with Crippen LogP contribution in [0.3, 0.4) is 0 Å². The number of thiazole rings is 1. The van der Waals surface area contributed by atoms with E-state index in [4.69, 9.17) is 9.47 Å². The number of rotatable bonds is 6. The highest BCUT2D eigenvalue weighted by molar-refractivity contribution is 7.90. The van der Waals surface area contributed by atoms with Crippen LogP contribution in [-0.2, 0) is 26.9 Å². The van der Waals surface area contributed by atoms with Gasteiger partial charge < -0.3 is 14.0 Å². The molecule has 0 saturated heterocycles. The fraction of sp³-hybridized carbons (Fsp3) is 0.333. The molecule has 0 aliphatic carbocycles. The van der Waals surface area contributed by atoms with Gasteiger partial charge >= 0.3 is 0 Å². The van der Waals surface area contributed by atoms with Crippen LogP contribution >= 0.6 is 11.3 Å². The summed E-state index contributed by atoms with van der Waals surface area (Å²) in [6.45, 7) is 3.60. The van der Waals surface area contributed by atoms with Gasteiger partial charge in [0.15, 0.2) is 26.1 Å². The second kappa shape index (κ2) is 8.61. The van der Waals surface area contributed by atoms with Gasteiger partial charge in [0.2, 0.25) is 5.91 Å². The van der Waals surface area contributed by atoms with Crippen molar-refractivity contribution >= 4 is 37.3 Å². The molecule has 0 radical (unpaired) electrons. The number of hydrogen-bond donors (Lipinski definition) is 0. The molecule has 0 unspecified atom stereocenters. The van der Waals surface area contributed by atoms with Crippen LogP contribution in [0.5, 0.6) is 11.5 Å². The highest BCUT2D eigenvalue weighted by Crippen LogP contribution is 2.35. The van der Waals surface area contributed by atoms with Crippen molar-refractivity contribution in [1.82, 2.24) is 4.57 Å². The van der Waals surface area contributed by atoms with Crippen LogP contribution in [0.4, 0.5) is 0 Å². The standard InChI is InChI=1S/C21H22N2O5S2/c1-2-23-16-12-17-18(28-10-9-27-17)13-19(16)29-21(23)22-20(24)8-11-30(25,26)14-15-6-4-3-5-7-15/h3-7,12-13H,2,8-11,14H2,1H3. The monoisotopic (exact) mass is 446 g/mol. The molecular weight excluding hydrogens is 424 g/mol. The number of aromatic nitrogens is 1. The Morgan fingerprint density at radius 1 is 1.13 bits per heavy atom. The summed E-state index contributed by atoms with van der Waals surface area (Å²) in [5.74, 6) is 0.612. The number of carbonyl (C=O) groups is 1. The van der Waals surface area contributed by atoms with E-state index in [1.807, 2.05) is 29.7 Å². The van der Waals surface area contributed by atoms with Crippen molar-refractivity contribution in [3.05, 3.63) is 52.8 Å². The number of amides is 1. The van der Waals surface area contributed by atoms with E-state index < -0.39 is 15.7 Å². The zero-order valence-corrected chi connectivity index (χ0v) is 18.2. The first-order valence-electron chi connectivity index (χ1n) is 9.70. The van der Waals surface area contributed by atoms with Crippen molar-refractivity contribution in [3.63, 3.8) is 0 Å². The highest BCUT2D eigenvalue weighted by Gasteiger charge is 2.17. The Labute approximate surface area is 178 Å². The second-order valence-electron chi connectivity index (χ2n) is 6.93. The fourth-order valence-corrected chi connectivity index (χ4v) is 5.75. The molecule has 4 rings (SSSR count). The smallest absolute Gasteiger partial charge is 0.249 e. The molecular formula is C21H22N2O5S2. The quantitative estimate of drug-likeness (QED) is 0.581. The SMILES string of the molecule is CCn1c(=NC(=O)CCS(=O)(=O)Cc2ccccc2)sc2cc3c(cc21)OCCO3. The number of ether oxygens (including phenoxy) is 2. The fourth-order valence-electron chi connectivity index (χ4n) is 3.30. The van der Waals surface area contributed by atoms with E-state index >= 15 is 0 Å². The maximum Gasteiger partial charge on any atom is 0.249 e. The lowest BCUT2D eigenvalue weighted by Crippen LogP contribution is -2.18. The van der Waals surface area contributed by atoms with Crippen molar-refractivity contribution < 1.29 is 22.7 Å². The van der Waals surface area contributed by atoms with Gasteiger partial charge in [-0.05, 0) is 12.5 Å². The van der Waals surface area contributed by atoms with E-state index in [9.17, 15) is 13.2 Å². The van der Waals surface area contributed by atoms with Crippen molar-refractivity contribution in [3.8, 4) is 11.5 Å². The van der Waals surface area contributed by atoms with E-state index in [1.165, 1.54) is 11.3 Å². The second-order valence-corrected chi connectivity index (χ2v) is 10.1. The zero-order chi connectivity index (χ0) is 21.1. The molecule has 0 N–H and O–H groups in total. The molecule has 1 aliphatic heterocycles. The molecule has 0 saturated carbocycles. The van der Waals surface area contributed by atoms with E-state index in [0.717, 1.165) is 10.2 Å². The molecule has 2 aromatic carbocycles. The third-order valence-corrected chi connectivity index (χ3v) is 7.38. The van der Waals surface area contributed by atoms with Gasteiger partial charge in [-0.25, -0.2) is 8.42 Å². The van der Waals surface area contributed by atoms with Crippen LogP contribution in [0.1, 0.15) is 18.9 Å². The predicted octanol–water partition coefficient (Wildman–Crippen LogP) is 2.93. The first kappa shape index (κ1) is 20.6. The molecule has 158 valence electrons. The topological polar surface area (TPSA) is 87.0 Å². The van der Waals surface area contributed by atoms with Gasteiger partial charge in [-0.2, -0.15) is 4.99 Å². The Morgan fingerprint density at radius 2 is 1.83 bits per heavy atom. The number of sulfone groups is 1. The van der Waals surface area contributed by atoms with Gasteiger partial charge in [-0.15, -0.1) is 0 Å². The summed E-state index contributed by atoms with van der Waals surface area (Å²) in [5.41, 5.74) is 1.62. The molecule has 0 spiro atoms. The minimum absolute atomic E-state index is 0.0788. The molecule has 30 heavy (non-hydrogen) atoms. The predicted molar refractivity (Wildman–Crippen MR) is 116 cm³/mol. The van der Waals surface area contributed by atoms with Gasteiger partial charge in [0.25, 0.3) is 0 Å². The van der Waals surface area contributed by atoms with Crippen LogP contribution in [0.25, 0.3) is 10.2 Å². The van der Waals surface area contributed by atoms with Crippen LogP contribution in [0.15, 0.2) is 47.5 Å². The number of nitrogens with zero attached hydrogens (tertiary/aromatic N) is 2. The van der Waals surface area contributed by atoms with Crippen LogP contribution < -0.4 is 14.3 Å². The van der Waals surface area contributed by atoms with Crippen molar-refractivity contribution in [2.45, 2.75) is 25.6 Å². The number of fused-ring (bicyclic) bond motifs is 2. The number of carbonyl (C=O) groups excluding carboxylic acids is 1. The Morgan fingerprint density at radius 3 is 2.53 bits per heavy atom. The lowest BCUT2D eigenvalue weighted by molar-refractivity contribution is -0.117. The molecule has 0 fully saturated rings. The molecule has 1 aromatic heterocycles. The van der Waals surface area contributed by atoms with E-state index in [2.05, 4.69) is 4.99 Å². The van der Waals surface area contributed by atoms with E-state index in [-0.39, 0.29) is 17.9 Å². The Kier molecular flexibility index (Phi) is 5.92. The summed E-state index contributed by atoms with van der Waals surface area (Å²) in [4.78, 5) is 17.2. The average Bonchev–Trinajstić information content (AvgIpc) is 3.06. The summed E-state index contributed by atoms with van der Waals surface area (Å²) in [6, 6.07) is 12.7.